The molecule has 1 saturated heterocycles. The van der Waals surface area contributed by atoms with Gasteiger partial charge in [0.05, 0.1) is 31.9 Å². The van der Waals surface area contributed by atoms with Gasteiger partial charge in [-0.3, -0.25) is 14.4 Å². The van der Waals surface area contributed by atoms with Crippen LogP contribution >= 0.6 is 0 Å². The van der Waals surface area contributed by atoms with Crippen LogP contribution in [0.1, 0.15) is 94.0 Å². The summed E-state index contributed by atoms with van der Waals surface area (Å²) in [7, 11) is 5.40. The summed E-state index contributed by atoms with van der Waals surface area (Å²) in [6.45, 7) is 15.1. The number of hydrogen-bond donors (Lipinski definition) is 5. The number of rotatable bonds is 14. The van der Waals surface area contributed by atoms with E-state index in [-0.39, 0.29) is 59.0 Å². The lowest BCUT2D eigenvalue weighted by Crippen LogP contribution is -2.62. The van der Waals surface area contributed by atoms with Crippen molar-refractivity contribution in [3.63, 3.8) is 0 Å². The Morgan fingerprint density at radius 3 is 2.35 bits per heavy atom. The fraction of sp³-hybridized carbons (Fsp3) is 0.643. The predicted molar refractivity (Wildman–Crippen MR) is 207 cm³/mol. The standard InChI is InChI=1S/C42H62N4O8/c1-23-32-17-29(42(32,6)7)18-33(23)44-39(50)36-35(24(2)48)34(22-47)54-46(36)20-25-12-11-13-31(37(25)53-10)26-14-27(16-28(15-26)40(51)52)38(49)43-30(21-45(8)9)19-41(3,4)5/h11-16,23-24,29-30,32-36,47-48H,17-22H2,1-10H3,(H,43,49)(H,44,50)(H,51,52)/t23-,24?,29+,30-,32-,33-,34-,35+,36-/m0/s1. The van der Waals surface area contributed by atoms with Crippen molar-refractivity contribution in [2.24, 2.45) is 34.5 Å². The number of aliphatic hydroxyl groups is 2. The van der Waals surface area contributed by atoms with E-state index in [1.165, 1.54) is 30.7 Å². The molecule has 12 nitrogen and oxygen atoms in total. The molecule has 1 heterocycles. The van der Waals surface area contributed by atoms with Gasteiger partial charge in [0, 0.05) is 41.2 Å². The van der Waals surface area contributed by atoms with Gasteiger partial charge in [-0.25, -0.2) is 4.79 Å². The van der Waals surface area contributed by atoms with Crippen LogP contribution in [0.25, 0.3) is 11.1 Å². The number of nitrogens with one attached hydrogen (secondary N) is 2. The number of hydroxylamine groups is 2. The SMILES string of the molecule is COc1c(CN2O[C@@H](CO)[C@@H](C(C)O)[C@H]2C(=O)N[C@H]2C[C@H]3C[C@@H]([C@@H]2C)C3(C)C)cccc1-c1cc(C(=O)O)cc(C(=O)N[C@H](CN(C)C)CC(C)(C)C)c1. The summed E-state index contributed by atoms with van der Waals surface area (Å²) in [4.78, 5) is 48.5. The van der Waals surface area contributed by atoms with Crippen molar-refractivity contribution in [1.29, 1.82) is 0 Å². The number of ether oxygens (including phenoxy) is 1. The Morgan fingerprint density at radius 1 is 1.11 bits per heavy atom. The minimum absolute atomic E-state index is 0.00338. The Labute approximate surface area is 320 Å². The molecule has 9 atom stereocenters. The lowest BCUT2D eigenvalue weighted by Gasteiger charge is -2.62. The van der Waals surface area contributed by atoms with Crippen molar-refractivity contribution in [3.8, 4) is 16.9 Å². The van der Waals surface area contributed by atoms with E-state index in [1.54, 1.807) is 25.1 Å². The van der Waals surface area contributed by atoms with E-state index < -0.39 is 30.1 Å². The van der Waals surface area contributed by atoms with Crippen LogP contribution < -0.4 is 15.4 Å². The molecule has 1 aliphatic heterocycles. The van der Waals surface area contributed by atoms with Crippen LogP contribution in [0.15, 0.2) is 36.4 Å². The second kappa shape index (κ2) is 16.3. The quantitative estimate of drug-likeness (QED) is 0.181. The first-order valence-electron chi connectivity index (χ1n) is 19.3. The second-order valence-corrected chi connectivity index (χ2v) is 18.0. The molecule has 2 bridgehead atoms. The summed E-state index contributed by atoms with van der Waals surface area (Å²) >= 11 is 0. The van der Waals surface area contributed by atoms with E-state index in [0.717, 1.165) is 12.8 Å². The van der Waals surface area contributed by atoms with Gasteiger partial charge < -0.3 is 35.6 Å². The molecule has 298 valence electrons. The van der Waals surface area contributed by atoms with Crippen molar-refractivity contribution < 1.29 is 39.3 Å². The lowest BCUT2D eigenvalue weighted by atomic mass is 9.45. The van der Waals surface area contributed by atoms with E-state index in [4.69, 9.17) is 9.57 Å². The molecule has 1 unspecified atom stereocenters. The molecule has 0 aromatic heterocycles. The van der Waals surface area contributed by atoms with Crippen LogP contribution in [0, 0.1) is 34.5 Å². The van der Waals surface area contributed by atoms with Crippen molar-refractivity contribution in [2.75, 3.05) is 34.4 Å². The smallest absolute Gasteiger partial charge is 0.335 e. The van der Waals surface area contributed by atoms with Gasteiger partial charge in [-0.2, -0.15) is 5.06 Å². The first kappa shape index (κ1) is 41.6. The highest BCUT2D eigenvalue weighted by Crippen LogP contribution is 2.61. The molecular formula is C42H62N4O8. The third-order valence-corrected chi connectivity index (χ3v) is 12.2. The number of amides is 2. The number of fused-ring (bicyclic) bond motifs is 2. The predicted octanol–water partition coefficient (Wildman–Crippen LogP) is 4.82. The summed E-state index contributed by atoms with van der Waals surface area (Å²) in [5.74, 6) is -0.730. The third kappa shape index (κ3) is 8.78. The van der Waals surface area contributed by atoms with Crippen LogP contribution in [0.4, 0.5) is 0 Å². The Balaban J connectivity index is 1.45. The molecule has 12 heteroatoms. The van der Waals surface area contributed by atoms with E-state index in [2.05, 4.69) is 52.2 Å². The Hall–Kier alpha value is -3.55. The number of carboxylic acids is 1. The lowest BCUT2D eigenvalue weighted by molar-refractivity contribution is -0.183. The molecular weight excluding hydrogens is 688 g/mol. The maximum Gasteiger partial charge on any atom is 0.335 e. The molecule has 0 radical (unpaired) electrons. The molecule has 2 aromatic carbocycles. The summed E-state index contributed by atoms with van der Waals surface area (Å²) in [6, 6.07) is 8.91. The zero-order valence-electron chi connectivity index (χ0n) is 33.7. The van der Waals surface area contributed by atoms with Gasteiger partial charge in [0.1, 0.15) is 17.9 Å². The molecule has 2 aromatic rings. The number of carboxylic acid groups (broad SMARTS) is 1. The fourth-order valence-electron chi connectivity index (χ4n) is 9.48. The monoisotopic (exact) mass is 750 g/mol. The van der Waals surface area contributed by atoms with Gasteiger partial charge in [-0.05, 0) is 92.6 Å². The highest BCUT2D eigenvalue weighted by Gasteiger charge is 2.57. The van der Waals surface area contributed by atoms with Gasteiger partial charge >= 0.3 is 5.97 Å². The van der Waals surface area contributed by atoms with Crippen LogP contribution in [-0.4, -0.2) is 108 Å². The maximum atomic E-state index is 14.2. The van der Waals surface area contributed by atoms with Gasteiger partial charge in [-0.15, -0.1) is 0 Å². The van der Waals surface area contributed by atoms with E-state index in [1.807, 2.05) is 25.1 Å². The number of methoxy groups -OCH3 is 1. The molecule has 2 amide bonds. The largest absolute Gasteiger partial charge is 0.496 e. The van der Waals surface area contributed by atoms with Crippen molar-refractivity contribution in [3.05, 3.63) is 53.1 Å². The zero-order chi connectivity index (χ0) is 39.9. The number of carbonyl (C=O) groups excluding carboxylic acids is 2. The van der Waals surface area contributed by atoms with Crippen LogP contribution in [-0.2, 0) is 16.2 Å². The van der Waals surface area contributed by atoms with Crippen LogP contribution in [0.5, 0.6) is 5.75 Å². The van der Waals surface area contributed by atoms with Crippen molar-refractivity contribution >= 4 is 17.8 Å². The summed E-state index contributed by atoms with van der Waals surface area (Å²) in [5.41, 5.74) is 2.02. The third-order valence-electron chi connectivity index (χ3n) is 12.2. The highest BCUT2D eigenvalue weighted by molar-refractivity contribution is 6.00. The normalized spacial score (nSPS) is 27.5. The van der Waals surface area contributed by atoms with Crippen molar-refractivity contribution in [1.82, 2.24) is 20.6 Å². The van der Waals surface area contributed by atoms with Crippen molar-refractivity contribution in [2.45, 2.75) is 105 Å². The molecule has 3 saturated carbocycles. The summed E-state index contributed by atoms with van der Waals surface area (Å²) in [5, 5.41) is 39.3. The number of hydrogen-bond acceptors (Lipinski definition) is 9. The molecule has 3 aliphatic carbocycles. The number of aliphatic hydroxyl groups excluding tert-OH is 2. The molecule has 0 spiro atoms. The van der Waals surface area contributed by atoms with Gasteiger partial charge in [0.2, 0.25) is 5.91 Å². The zero-order valence-corrected chi connectivity index (χ0v) is 33.7. The highest BCUT2D eigenvalue weighted by atomic mass is 16.7. The second-order valence-electron chi connectivity index (χ2n) is 18.0. The minimum atomic E-state index is -1.17. The maximum absolute atomic E-state index is 14.2. The number of likely N-dealkylation sites (N-methyl/N-ethyl adjacent to an activating group) is 1. The minimum Gasteiger partial charge on any atom is -0.496 e. The number of benzene rings is 2. The van der Waals surface area contributed by atoms with Gasteiger partial charge in [0.15, 0.2) is 0 Å². The Morgan fingerprint density at radius 2 is 1.80 bits per heavy atom. The first-order chi connectivity index (χ1) is 25.2. The van der Waals surface area contributed by atoms with E-state index in [0.29, 0.717) is 46.7 Å². The topological polar surface area (TPSA) is 161 Å². The Bertz CT molecular complexity index is 1690. The molecule has 54 heavy (non-hydrogen) atoms. The average molecular weight is 751 g/mol. The average Bonchev–Trinajstić information content (AvgIpc) is 3.46. The van der Waals surface area contributed by atoms with Crippen LogP contribution in [0.2, 0.25) is 0 Å². The van der Waals surface area contributed by atoms with Gasteiger partial charge in [-0.1, -0.05) is 59.7 Å². The number of nitrogens with zero attached hydrogens (tertiary/aromatic N) is 2. The Kier molecular flexibility index (Phi) is 12.5. The van der Waals surface area contributed by atoms with E-state index in [9.17, 15) is 29.7 Å². The number of carbonyl (C=O) groups is 3. The number of aromatic carboxylic acids is 1. The number of para-hydroxylation sites is 1. The van der Waals surface area contributed by atoms with E-state index >= 15 is 0 Å². The van der Waals surface area contributed by atoms with Gasteiger partial charge in [0.25, 0.3) is 5.91 Å². The van der Waals surface area contributed by atoms with Crippen LogP contribution in [0.3, 0.4) is 0 Å². The first-order valence-corrected chi connectivity index (χ1v) is 19.3. The molecule has 4 fully saturated rings. The molecule has 6 rings (SSSR count). The summed E-state index contributed by atoms with van der Waals surface area (Å²) in [6.07, 6.45) is 1.03. The fourth-order valence-corrected chi connectivity index (χ4v) is 9.48. The summed E-state index contributed by atoms with van der Waals surface area (Å²) < 4.78 is 5.96. The molecule has 4 aliphatic rings. The molecule has 5 N–H and O–H groups in total.